The molecule has 98 valence electrons. The lowest BCUT2D eigenvalue weighted by Crippen LogP contribution is -2.28. The van der Waals surface area contributed by atoms with Gasteiger partial charge in [0.25, 0.3) is 0 Å². The van der Waals surface area contributed by atoms with Crippen LogP contribution >= 0.6 is 0 Å². The lowest BCUT2D eigenvalue weighted by Gasteiger charge is -2.29. The summed E-state index contributed by atoms with van der Waals surface area (Å²) >= 11 is 0. The Balaban J connectivity index is 2.35. The second kappa shape index (κ2) is 5.53. The Hall–Kier alpha value is -1.35. The van der Waals surface area contributed by atoms with Crippen molar-refractivity contribution in [3.63, 3.8) is 0 Å². The average molecular weight is 247 g/mol. The number of hydrogen-bond acceptors (Lipinski definition) is 2. The summed E-state index contributed by atoms with van der Waals surface area (Å²) in [7, 11) is 0. The Bertz CT molecular complexity index is 416. The first kappa shape index (κ1) is 13.1. The number of aryl methyl sites for hydroxylation is 2. The smallest absolute Gasteiger partial charge is 0.305 e. The van der Waals surface area contributed by atoms with Gasteiger partial charge < -0.3 is 5.11 Å². The van der Waals surface area contributed by atoms with Gasteiger partial charge in [0.1, 0.15) is 0 Å². The van der Waals surface area contributed by atoms with Crippen molar-refractivity contribution in [3.05, 3.63) is 34.9 Å². The van der Waals surface area contributed by atoms with Crippen LogP contribution in [-0.4, -0.2) is 29.1 Å². The maximum Gasteiger partial charge on any atom is 0.305 e. The summed E-state index contributed by atoms with van der Waals surface area (Å²) in [6.45, 7) is 6.19. The first-order valence-electron chi connectivity index (χ1n) is 6.61. The number of carboxylic acids is 1. The number of rotatable bonds is 4. The van der Waals surface area contributed by atoms with Crippen LogP contribution in [0, 0.1) is 13.8 Å². The van der Waals surface area contributed by atoms with E-state index in [1.807, 2.05) is 6.07 Å². The van der Waals surface area contributed by atoms with E-state index in [0.717, 1.165) is 13.1 Å². The number of nitrogens with zero attached hydrogens (tertiary/aromatic N) is 1. The third-order valence-electron chi connectivity index (χ3n) is 3.82. The van der Waals surface area contributed by atoms with E-state index in [4.69, 9.17) is 5.11 Å². The van der Waals surface area contributed by atoms with Gasteiger partial charge >= 0.3 is 5.97 Å². The van der Waals surface area contributed by atoms with Crippen LogP contribution in [0.3, 0.4) is 0 Å². The maximum absolute atomic E-state index is 11.1. The first-order valence-corrected chi connectivity index (χ1v) is 6.61. The minimum Gasteiger partial charge on any atom is -0.481 e. The molecule has 0 aliphatic carbocycles. The van der Waals surface area contributed by atoms with Crippen LogP contribution < -0.4 is 0 Å². The van der Waals surface area contributed by atoms with Crippen molar-refractivity contribution in [3.8, 4) is 0 Å². The molecular formula is C15H21NO2. The monoisotopic (exact) mass is 247 g/mol. The van der Waals surface area contributed by atoms with E-state index in [0.29, 0.717) is 0 Å². The molecule has 2 rings (SSSR count). The second-order valence-electron chi connectivity index (χ2n) is 5.16. The zero-order chi connectivity index (χ0) is 13.1. The van der Waals surface area contributed by atoms with Gasteiger partial charge in [-0.05, 0) is 56.5 Å². The molecule has 1 fully saturated rings. The molecule has 0 amide bonds. The summed E-state index contributed by atoms with van der Waals surface area (Å²) in [6.07, 6.45) is 2.56. The van der Waals surface area contributed by atoms with Crippen molar-refractivity contribution in [2.75, 3.05) is 13.1 Å². The number of hydrogen-bond donors (Lipinski definition) is 1. The fraction of sp³-hybridized carbons (Fsp3) is 0.533. The van der Waals surface area contributed by atoms with E-state index in [9.17, 15) is 4.79 Å². The lowest BCUT2D eigenvalue weighted by atomic mass is 9.93. The van der Waals surface area contributed by atoms with Crippen LogP contribution in [0.2, 0.25) is 0 Å². The predicted molar refractivity (Wildman–Crippen MR) is 71.7 cm³/mol. The minimum atomic E-state index is -0.713. The van der Waals surface area contributed by atoms with E-state index in [2.05, 4.69) is 30.9 Å². The summed E-state index contributed by atoms with van der Waals surface area (Å²) in [5.41, 5.74) is 3.61. The van der Waals surface area contributed by atoms with Crippen LogP contribution in [0.25, 0.3) is 0 Å². The molecule has 1 saturated heterocycles. The highest BCUT2D eigenvalue weighted by molar-refractivity contribution is 5.68. The summed E-state index contributed by atoms with van der Waals surface area (Å²) in [5, 5.41) is 9.16. The molecule has 1 aromatic carbocycles. The zero-order valence-electron chi connectivity index (χ0n) is 11.1. The van der Waals surface area contributed by atoms with Crippen LogP contribution in [-0.2, 0) is 4.79 Å². The normalized spacial score (nSPS) is 17.9. The molecule has 0 saturated carbocycles. The summed E-state index contributed by atoms with van der Waals surface area (Å²) in [4.78, 5) is 13.5. The van der Waals surface area contributed by atoms with Crippen molar-refractivity contribution in [1.82, 2.24) is 4.90 Å². The average Bonchev–Trinajstić information content (AvgIpc) is 2.80. The van der Waals surface area contributed by atoms with Crippen molar-refractivity contribution < 1.29 is 9.90 Å². The SMILES string of the molecule is Cc1cccc(C)c1C(CC(=O)O)N1CCCC1. The molecule has 1 atom stereocenters. The van der Waals surface area contributed by atoms with Crippen molar-refractivity contribution in [2.24, 2.45) is 0 Å². The van der Waals surface area contributed by atoms with Gasteiger partial charge in [-0.3, -0.25) is 9.69 Å². The van der Waals surface area contributed by atoms with Gasteiger partial charge in [0, 0.05) is 6.04 Å². The summed E-state index contributed by atoms with van der Waals surface area (Å²) in [5.74, 6) is -0.713. The van der Waals surface area contributed by atoms with E-state index >= 15 is 0 Å². The van der Waals surface area contributed by atoms with Crippen LogP contribution in [0.5, 0.6) is 0 Å². The highest BCUT2D eigenvalue weighted by atomic mass is 16.4. The first-order chi connectivity index (χ1) is 8.59. The molecule has 0 aromatic heterocycles. The molecule has 3 heteroatoms. The molecule has 18 heavy (non-hydrogen) atoms. The lowest BCUT2D eigenvalue weighted by molar-refractivity contribution is -0.138. The summed E-state index contributed by atoms with van der Waals surface area (Å²) in [6, 6.07) is 6.22. The van der Waals surface area contributed by atoms with E-state index in [-0.39, 0.29) is 12.5 Å². The molecule has 0 bridgehead atoms. The topological polar surface area (TPSA) is 40.5 Å². The minimum absolute atomic E-state index is 0.0335. The molecule has 0 radical (unpaired) electrons. The molecule has 3 nitrogen and oxygen atoms in total. The molecule has 1 aliphatic heterocycles. The molecule has 1 aromatic rings. The highest BCUT2D eigenvalue weighted by Crippen LogP contribution is 2.32. The van der Waals surface area contributed by atoms with Gasteiger partial charge in [-0.25, -0.2) is 0 Å². The Kier molecular flexibility index (Phi) is 4.02. The summed E-state index contributed by atoms with van der Waals surface area (Å²) < 4.78 is 0. The number of likely N-dealkylation sites (tertiary alicyclic amines) is 1. The van der Waals surface area contributed by atoms with Gasteiger partial charge in [0.15, 0.2) is 0 Å². The zero-order valence-corrected chi connectivity index (χ0v) is 11.1. The van der Waals surface area contributed by atoms with Crippen LogP contribution in [0.4, 0.5) is 0 Å². The van der Waals surface area contributed by atoms with E-state index in [1.165, 1.54) is 29.5 Å². The fourth-order valence-electron chi connectivity index (χ4n) is 2.99. The van der Waals surface area contributed by atoms with Crippen LogP contribution in [0.1, 0.15) is 42.0 Å². The van der Waals surface area contributed by atoms with E-state index in [1.54, 1.807) is 0 Å². The Morgan fingerprint density at radius 3 is 2.33 bits per heavy atom. The maximum atomic E-state index is 11.1. The Labute approximate surface area is 108 Å². The standard InChI is InChI=1S/C15H21NO2/c1-11-6-5-7-12(2)15(11)13(10-14(17)18)16-8-3-4-9-16/h5-7,13H,3-4,8-10H2,1-2H3,(H,17,18). The molecular weight excluding hydrogens is 226 g/mol. The fourth-order valence-corrected chi connectivity index (χ4v) is 2.99. The van der Waals surface area contributed by atoms with E-state index < -0.39 is 5.97 Å². The van der Waals surface area contributed by atoms with Gasteiger partial charge in [0.2, 0.25) is 0 Å². The molecule has 1 N–H and O–H groups in total. The quantitative estimate of drug-likeness (QED) is 0.889. The number of benzene rings is 1. The highest BCUT2D eigenvalue weighted by Gasteiger charge is 2.27. The van der Waals surface area contributed by atoms with Crippen molar-refractivity contribution in [2.45, 2.75) is 39.2 Å². The third-order valence-corrected chi connectivity index (χ3v) is 3.82. The van der Waals surface area contributed by atoms with Crippen molar-refractivity contribution >= 4 is 5.97 Å². The van der Waals surface area contributed by atoms with Gasteiger partial charge in [0.05, 0.1) is 6.42 Å². The molecule has 1 heterocycles. The number of carbonyl (C=O) groups is 1. The number of aliphatic carboxylic acids is 1. The van der Waals surface area contributed by atoms with Gasteiger partial charge in [-0.2, -0.15) is 0 Å². The second-order valence-corrected chi connectivity index (χ2v) is 5.16. The van der Waals surface area contributed by atoms with Gasteiger partial charge in [-0.1, -0.05) is 18.2 Å². The molecule has 1 aliphatic rings. The largest absolute Gasteiger partial charge is 0.481 e. The molecule has 0 spiro atoms. The molecule has 1 unspecified atom stereocenters. The Morgan fingerprint density at radius 2 is 1.83 bits per heavy atom. The third kappa shape index (κ3) is 2.72. The predicted octanol–water partition coefficient (Wildman–Crippen LogP) is 2.92. The number of carboxylic acid groups (broad SMARTS) is 1. The Morgan fingerprint density at radius 1 is 1.28 bits per heavy atom. The van der Waals surface area contributed by atoms with Crippen LogP contribution in [0.15, 0.2) is 18.2 Å². The van der Waals surface area contributed by atoms with Crippen molar-refractivity contribution in [1.29, 1.82) is 0 Å². The van der Waals surface area contributed by atoms with Gasteiger partial charge in [-0.15, -0.1) is 0 Å².